The quantitative estimate of drug-likeness (QED) is 0.827. The number of para-hydroxylation sites is 1. The van der Waals surface area contributed by atoms with Gasteiger partial charge in [0.25, 0.3) is 0 Å². The smallest absolute Gasteiger partial charge is 0.423 e. The van der Waals surface area contributed by atoms with E-state index in [1.807, 2.05) is 36.4 Å². The van der Waals surface area contributed by atoms with E-state index < -0.39 is 20.6 Å². The Kier molecular flexibility index (Phi) is 4.39. The van der Waals surface area contributed by atoms with E-state index in [4.69, 9.17) is 0 Å². The predicted octanol–water partition coefficient (Wildman–Crippen LogP) is 1.97. The van der Waals surface area contributed by atoms with E-state index in [1.54, 1.807) is 24.1 Å². The van der Waals surface area contributed by atoms with Crippen LogP contribution in [0.5, 0.6) is 0 Å². The molecule has 1 aliphatic rings. The lowest BCUT2D eigenvalue weighted by molar-refractivity contribution is -0.121. The van der Waals surface area contributed by atoms with E-state index in [9.17, 15) is 14.8 Å². The number of hydrogen-bond acceptors (Lipinski definition) is 3. The van der Waals surface area contributed by atoms with Gasteiger partial charge >= 0.3 is 7.12 Å². The van der Waals surface area contributed by atoms with Crippen LogP contribution >= 0.6 is 0 Å². The number of fused-ring (bicyclic) bond motifs is 1. The lowest BCUT2D eigenvalue weighted by Gasteiger charge is -2.35. The van der Waals surface area contributed by atoms with Crippen molar-refractivity contribution in [3.05, 3.63) is 59.7 Å². The van der Waals surface area contributed by atoms with E-state index in [2.05, 4.69) is 19.6 Å². The van der Waals surface area contributed by atoms with Crippen molar-refractivity contribution >= 4 is 32.2 Å². The van der Waals surface area contributed by atoms with Crippen molar-refractivity contribution in [3.63, 3.8) is 0 Å². The highest BCUT2D eigenvalue weighted by atomic mass is 28.3. The van der Waals surface area contributed by atoms with Crippen LogP contribution in [-0.2, 0) is 10.2 Å². The zero-order chi connectivity index (χ0) is 18.4. The monoisotopic (exact) mass is 353 g/mol. The highest BCUT2D eigenvalue weighted by molar-refractivity contribution is 6.76. The van der Waals surface area contributed by atoms with E-state index in [0.717, 1.165) is 11.3 Å². The minimum Gasteiger partial charge on any atom is -0.423 e. The summed E-state index contributed by atoms with van der Waals surface area (Å²) < 4.78 is 0. The second-order valence-corrected chi connectivity index (χ2v) is 13.5. The molecule has 0 spiro atoms. The Balaban J connectivity index is 2.37. The number of anilines is 1. The minimum atomic E-state index is -1.69. The van der Waals surface area contributed by atoms with Crippen molar-refractivity contribution < 1.29 is 14.8 Å². The fourth-order valence-corrected chi connectivity index (χ4v) is 6.19. The van der Waals surface area contributed by atoms with E-state index in [1.165, 1.54) is 0 Å². The average Bonchev–Trinajstić information content (AvgIpc) is 2.77. The number of amides is 1. The molecule has 2 aromatic rings. The molecular weight excluding hydrogens is 329 g/mol. The van der Waals surface area contributed by atoms with Crippen LogP contribution in [0.25, 0.3) is 0 Å². The van der Waals surface area contributed by atoms with Crippen LogP contribution in [0, 0.1) is 0 Å². The molecule has 0 bridgehead atoms. The lowest BCUT2D eigenvalue weighted by Crippen LogP contribution is -2.49. The predicted molar refractivity (Wildman–Crippen MR) is 105 cm³/mol. The summed E-state index contributed by atoms with van der Waals surface area (Å²) in [5.74, 6) is 0.00391. The Labute approximate surface area is 150 Å². The van der Waals surface area contributed by atoms with Crippen molar-refractivity contribution in [3.8, 4) is 0 Å². The Bertz CT molecular complexity index is 818. The maximum atomic E-state index is 13.5. The van der Waals surface area contributed by atoms with E-state index >= 15 is 0 Å². The molecule has 1 atom stereocenters. The third-order valence-electron chi connectivity index (χ3n) is 4.89. The van der Waals surface area contributed by atoms with Crippen LogP contribution in [-0.4, -0.2) is 38.2 Å². The van der Waals surface area contributed by atoms with Crippen molar-refractivity contribution in [2.24, 2.45) is 0 Å². The molecule has 0 saturated heterocycles. The van der Waals surface area contributed by atoms with Crippen LogP contribution in [0.1, 0.15) is 11.1 Å². The van der Waals surface area contributed by atoms with E-state index in [-0.39, 0.29) is 5.91 Å². The molecule has 1 aliphatic heterocycles. The van der Waals surface area contributed by atoms with Gasteiger partial charge in [0.05, 0.1) is 5.41 Å². The molecule has 0 fully saturated rings. The second-order valence-electron chi connectivity index (χ2n) is 7.99. The van der Waals surface area contributed by atoms with Crippen molar-refractivity contribution in [1.29, 1.82) is 0 Å². The zero-order valence-corrected chi connectivity index (χ0v) is 16.2. The highest BCUT2D eigenvalue weighted by Crippen LogP contribution is 2.49. The molecule has 2 aromatic carbocycles. The van der Waals surface area contributed by atoms with Gasteiger partial charge in [-0.2, -0.15) is 0 Å². The van der Waals surface area contributed by atoms with Gasteiger partial charge in [-0.15, -0.1) is 0 Å². The molecule has 1 unspecified atom stereocenters. The minimum absolute atomic E-state index is 0.00391. The molecule has 6 heteroatoms. The highest BCUT2D eigenvalue weighted by Gasteiger charge is 2.53. The van der Waals surface area contributed by atoms with Gasteiger partial charge < -0.3 is 14.9 Å². The summed E-state index contributed by atoms with van der Waals surface area (Å²) in [6.07, 6.45) is 0. The molecule has 25 heavy (non-hydrogen) atoms. The summed E-state index contributed by atoms with van der Waals surface area (Å²) in [5.41, 5.74) is 2.09. The molecule has 2 N–H and O–H groups in total. The molecule has 0 saturated carbocycles. The fraction of sp³-hybridized carbons (Fsp3) is 0.316. The lowest BCUT2D eigenvalue weighted by atomic mass is 9.66. The average molecular weight is 353 g/mol. The van der Waals surface area contributed by atoms with Crippen molar-refractivity contribution in [2.45, 2.75) is 31.1 Å². The van der Waals surface area contributed by atoms with Crippen molar-refractivity contribution in [1.82, 2.24) is 0 Å². The molecule has 0 radical (unpaired) electrons. The first-order valence-corrected chi connectivity index (χ1v) is 12.2. The number of carbonyl (C=O) groups is 1. The Morgan fingerprint density at radius 1 is 1.00 bits per heavy atom. The van der Waals surface area contributed by atoms with Crippen molar-refractivity contribution in [2.75, 3.05) is 11.9 Å². The van der Waals surface area contributed by atoms with Gasteiger partial charge in [0.2, 0.25) is 5.91 Å². The number of nitrogens with zero attached hydrogens (tertiary/aromatic N) is 1. The molecule has 1 heterocycles. The summed E-state index contributed by atoms with van der Waals surface area (Å²) in [5, 5.41) is 19.8. The SMILES string of the molecule is CN1C(=O)C(C[Si](C)(C)C)(c2ccccc2B(O)O)c2ccccc21. The van der Waals surface area contributed by atoms with Gasteiger partial charge in [-0.25, -0.2) is 0 Å². The standard InChI is InChI=1S/C19H24BNO3Si/c1-21-17-12-8-6-10-15(17)19(18(21)22,13-25(2,3)4)14-9-5-7-11-16(14)20(23)24/h5-12,23-24H,13H2,1-4H3. The molecule has 0 aliphatic carbocycles. The molecule has 3 rings (SSSR count). The fourth-order valence-electron chi connectivity index (χ4n) is 4.07. The van der Waals surface area contributed by atoms with Crippen LogP contribution in [0.3, 0.4) is 0 Å². The molecule has 4 nitrogen and oxygen atoms in total. The summed E-state index contributed by atoms with van der Waals surface area (Å²) in [6, 6.07) is 15.7. The topological polar surface area (TPSA) is 60.8 Å². The van der Waals surface area contributed by atoms with Gasteiger partial charge in [-0.3, -0.25) is 4.79 Å². The largest absolute Gasteiger partial charge is 0.488 e. The Morgan fingerprint density at radius 3 is 2.16 bits per heavy atom. The van der Waals surface area contributed by atoms with Gasteiger partial charge in [-0.05, 0) is 28.7 Å². The first-order valence-electron chi connectivity index (χ1n) is 8.52. The summed E-state index contributed by atoms with van der Waals surface area (Å²) in [7, 11) is -1.50. The Hall–Kier alpha value is -1.89. The first kappa shape index (κ1) is 17.9. The zero-order valence-electron chi connectivity index (χ0n) is 15.2. The number of carbonyl (C=O) groups excluding carboxylic acids is 1. The van der Waals surface area contributed by atoms with Crippen LogP contribution < -0.4 is 10.4 Å². The van der Waals surface area contributed by atoms with Gasteiger partial charge in [0.15, 0.2) is 0 Å². The second kappa shape index (κ2) is 6.13. The molecule has 130 valence electrons. The first-order chi connectivity index (χ1) is 11.7. The van der Waals surface area contributed by atoms with Gasteiger partial charge in [0.1, 0.15) is 0 Å². The summed E-state index contributed by atoms with van der Waals surface area (Å²) in [6.45, 7) is 6.71. The Morgan fingerprint density at radius 2 is 1.56 bits per heavy atom. The molecule has 0 aromatic heterocycles. The maximum Gasteiger partial charge on any atom is 0.488 e. The summed E-state index contributed by atoms with van der Waals surface area (Å²) >= 11 is 0. The summed E-state index contributed by atoms with van der Waals surface area (Å²) in [4.78, 5) is 15.2. The normalized spacial score (nSPS) is 19.9. The van der Waals surface area contributed by atoms with Gasteiger partial charge in [-0.1, -0.05) is 62.1 Å². The maximum absolute atomic E-state index is 13.5. The third kappa shape index (κ3) is 2.84. The van der Waals surface area contributed by atoms with Crippen LogP contribution in [0.2, 0.25) is 25.7 Å². The van der Waals surface area contributed by atoms with Gasteiger partial charge in [0, 0.05) is 20.8 Å². The van der Waals surface area contributed by atoms with Crippen LogP contribution in [0.4, 0.5) is 5.69 Å². The molecular formula is C19H24BNO3Si. The third-order valence-corrected chi connectivity index (χ3v) is 6.48. The number of benzene rings is 2. The number of rotatable bonds is 4. The number of hydrogen-bond donors (Lipinski definition) is 2. The number of likely N-dealkylation sites (N-methyl/N-ethyl adjacent to an activating group) is 1. The molecule has 1 amide bonds. The van der Waals surface area contributed by atoms with E-state index in [0.29, 0.717) is 17.1 Å². The van der Waals surface area contributed by atoms with Crippen LogP contribution in [0.15, 0.2) is 48.5 Å².